The van der Waals surface area contributed by atoms with Crippen LogP contribution in [0.1, 0.15) is 24.0 Å². The lowest BCUT2D eigenvalue weighted by atomic mass is 9.95. The van der Waals surface area contributed by atoms with E-state index in [0.29, 0.717) is 31.1 Å². The fourth-order valence-electron chi connectivity index (χ4n) is 4.67. The van der Waals surface area contributed by atoms with Crippen LogP contribution in [0.5, 0.6) is 0 Å². The van der Waals surface area contributed by atoms with Gasteiger partial charge in [0.2, 0.25) is 0 Å². The van der Waals surface area contributed by atoms with E-state index in [1.165, 1.54) is 5.56 Å². The fourth-order valence-corrected chi connectivity index (χ4v) is 4.67. The monoisotopic (exact) mass is 436 g/mol. The number of pyridine rings is 1. The number of likely N-dealkylation sites (tertiary alicyclic amines) is 1. The number of rotatable bonds is 7. The Labute approximate surface area is 189 Å². The first-order valence-electron chi connectivity index (χ1n) is 11.3. The Morgan fingerprint density at radius 1 is 1.16 bits per heavy atom. The third-order valence-corrected chi connectivity index (χ3v) is 6.46. The quantitative estimate of drug-likeness (QED) is 0.455. The number of hydrogen-bond donors (Lipinski definition) is 3. The predicted molar refractivity (Wildman–Crippen MR) is 125 cm³/mol. The number of nitrogens with one attached hydrogen (secondary N) is 1. The van der Waals surface area contributed by atoms with Crippen LogP contribution in [0.3, 0.4) is 0 Å². The average molecular weight is 437 g/mol. The van der Waals surface area contributed by atoms with Gasteiger partial charge in [0, 0.05) is 62.3 Å². The van der Waals surface area contributed by atoms with Gasteiger partial charge in [0.1, 0.15) is 5.84 Å². The summed E-state index contributed by atoms with van der Waals surface area (Å²) >= 11 is 0. The summed E-state index contributed by atoms with van der Waals surface area (Å²) in [5.41, 5.74) is 8.17. The maximum Gasteiger partial charge on any atom is 0.324 e. The number of aliphatic hydroxyl groups excluding tert-OH is 1. The number of nitrogens with two attached hydrogens (primary N) is 1. The predicted octanol–water partition coefficient (Wildman–Crippen LogP) is 2.13. The number of benzene rings is 1. The number of carbonyl (C=O) groups excluding carboxylic acids is 1. The van der Waals surface area contributed by atoms with Crippen molar-refractivity contribution in [2.24, 2.45) is 17.6 Å². The second-order valence-electron chi connectivity index (χ2n) is 8.89. The number of aromatic nitrogens is 1. The molecule has 1 atom stereocenters. The van der Waals surface area contributed by atoms with E-state index in [2.05, 4.69) is 16.0 Å². The molecule has 3 heterocycles. The highest BCUT2D eigenvalue weighted by molar-refractivity contribution is 5.98. The Morgan fingerprint density at radius 2 is 1.97 bits per heavy atom. The largest absolute Gasteiger partial charge is 0.396 e. The third-order valence-electron chi connectivity index (χ3n) is 6.46. The zero-order chi connectivity index (χ0) is 22.5. The molecule has 2 fully saturated rings. The van der Waals surface area contributed by atoms with Crippen LogP contribution in [-0.2, 0) is 6.54 Å². The molecule has 4 rings (SSSR count). The number of urea groups is 1. The number of nitrogens with zero attached hydrogens (tertiary/aromatic N) is 4. The van der Waals surface area contributed by atoms with E-state index < -0.39 is 0 Å². The lowest BCUT2D eigenvalue weighted by molar-refractivity contribution is 0.115. The van der Waals surface area contributed by atoms with Crippen molar-refractivity contribution >= 4 is 17.6 Å². The standard InChI is InChI=1S/C24H32N6O2/c25-23(26)21-4-1-5-22(11-21)30-16-20(17-31)15-29(24(30)32)14-18-6-9-28(10-7-18)13-19-3-2-8-27-12-19/h1-5,8,11-12,18,20,31H,6-7,9-10,13-17H2,(H3,25,26). The first-order valence-corrected chi connectivity index (χ1v) is 11.3. The minimum Gasteiger partial charge on any atom is -0.396 e. The molecule has 0 spiro atoms. The molecule has 2 saturated heterocycles. The van der Waals surface area contributed by atoms with Crippen LogP contribution in [0, 0.1) is 17.2 Å². The molecule has 2 aliphatic heterocycles. The molecule has 2 aliphatic rings. The van der Waals surface area contributed by atoms with Crippen molar-refractivity contribution in [3.05, 3.63) is 59.9 Å². The molecule has 1 aromatic heterocycles. The van der Waals surface area contributed by atoms with E-state index in [4.69, 9.17) is 11.1 Å². The number of piperidine rings is 1. The lowest BCUT2D eigenvalue weighted by Crippen LogP contribution is -2.56. The summed E-state index contributed by atoms with van der Waals surface area (Å²) in [5.74, 6) is 0.427. The zero-order valence-corrected chi connectivity index (χ0v) is 18.4. The molecule has 4 N–H and O–H groups in total. The SMILES string of the molecule is N=C(N)c1cccc(N2CC(CO)CN(CC3CCN(Cc4cccnc4)CC3)C2=O)c1. The lowest BCUT2D eigenvalue weighted by Gasteiger charge is -2.42. The Bertz CT molecular complexity index is 929. The normalized spacial score (nSPS) is 20.5. The molecule has 8 heteroatoms. The number of amides is 2. The summed E-state index contributed by atoms with van der Waals surface area (Å²) in [6.07, 6.45) is 5.81. The average Bonchev–Trinajstić information content (AvgIpc) is 2.82. The van der Waals surface area contributed by atoms with Crippen molar-refractivity contribution in [2.45, 2.75) is 19.4 Å². The summed E-state index contributed by atoms with van der Waals surface area (Å²) in [4.78, 5) is 23.6. The molecule has 2 aromatic rings. The highest BCUT2D eigenvalue weighted by Crippen LogP contribution is 2.26. The van der Waals surface area contributed by atoms with Crippen LogP contribution in [0.2, 0.25) is 0 Å². The molecule has 0 radical (unpaired) electrons. The van der Waals surface area contributed by atoms with E-state index in [1.54, 1.807) is 23.2 Å². The number of aliphatic hydroxyl groups is 1. The van der Waals surface area contributed by atoms with E-state index in [-0.39, 0.29) is 24.4 Å². The third kappa shape index (κ3) is 5.26. The van der Waals surface area contributed by atoms with E-state index >= 15 is 0 Å². The van der Waals surface area contributed by atoms with Crippen molar-refractivity contribution in [3.63, 3.8) is 0 Å². The van der Waals surface area contributed by atoms with Gasteiger partial charge < -0.3 is 15.7 Å². The van der Waals surface area contributed by atoms with Gasteiger partial charge in [0.05, 0.1) is 0 Å². The van der Waals surface area contributed by atoms with Crippen molar-refractivity contribution in [3.8, 4) is 0 Å². The molecular weight excluding hydrogens is 404 g/mol. The molecule has 8 nitrogen and oxygen atoms in total. The van der Waals surface area contributed by atoms with Crippen LogP contribution < -0.4 is 10.6 Å². The van der Waals surface area contributed by atoms with E-state index in [0.717, 1.165) is 38.2 Å². The summed E-state index contributed by atoms with van der Waals surface area (Å²) < 4.78 is 0. The molecule has 1 unspecified atom stereocenters. The van der Waals surface area contributed by atoms with Gasteiger partial charge in [-0.3, -0.25) is 20.2 Å². The van der Waals surface area contributed by atoms with Gasteiger partial charge in [-0.05, 0) is 55.6 Å². The highest BCUT2D eigenvalue weighted by Gasteiger charge is 2.34. The second-order valence-corrected chi connectivity index (χ2v) is 8.89. The number of amidine groups is 1. The van der Waals surface area contributed by atoms with Gasteiger partial charge in [-0.2, -0.15) is 0 Å². The van der Waals surface area contributed by atoms with Crippen molar-refractivity contribution in [1.29, 1.82) is 5.41 Å². The van der Waals surface area contributed by atoms with Gasteiger partial charge in [0.25, 0.3) is 0 Å². The Morgan fingerprint density at radius 3 is 2.66 bits per heavy atom. The van der Waals surface area contributed by atoms with Crippen LogP contribution in [0.25, 0.3) is 0 Å². The molecule has 1 aromatic carbocycles. The smallest absolute Gasteiger partial charge is 0.324 e. The number of nitrogen functional groups attached to an aromatic ring is 1. The Balaban J connectivity index is 1.38. The first-order chi connectivity index (χ1) is 15.5. The zero-order valence-electron chi connectivity index (χ0n) is 18.4. The van der Waals surface area contributed by atoms with Gasteiger partial charge in [0.15, 0.2) is 0 Å². The minimum absolute atomic E-state index is 0.000598. The first kappa shape index (κ1) is 22.2. The summed E-state index contributed by atoms with van der Waals surface area (Å²) in [7, 11) is 0. The molecule has 32 heavy (non-hydrogen) atoms. The number of hydrogen-bond acceptors (Lipinski definition) is 5. The van der Waals surface area contributed by atoms with Crippen molar-refractivity contribution in [1.82, 2.24) is 14.8 Å². The highest BCUT2D eigenvalue weighted by atomic mass is 16.3. The second kappa shape index (κ2) is 10.1. The van der Waals surface area contributed by atoms with E-state index in [9.17, 15) is 9.90 Å². The number of carbonyl (C=O) groups is 1. The summed E-state index contributed by atoms with van der Waals surface area (Å²) in [6, 6.07) is 11.3. The van der Waals surface area contributed by atoms with Gasteiger partial charge in [-0.15, -0.1) is 0 Å². The molecule has 0 saturated carbocycles. The van der Waals surface area contributed by atoms with Crippen LogP contribution in [-0.4, -0.2) is 71.1 Å². The topological polar surface area (TPSA) is 110 Å². The van der Waals surface area contributed by atoms with Gasteiger partial charge in [-0.25, -0.2) is 4.79 Å². The molecule has 2 amide bonds. The number of anilines is 1. The fraction of sp³-hybridized carbons (Fsp3) is 0.458. The van der Waals surface area contributed by atoms with Crippen LogP contribution in [0.4, 0.5) is 10.5 Å². The van der Waals surface area contributed by atoms with Crippen LogP contribution >= 0.6 is 0 Å². The molecule has 0 bridgehead atoms. The molecular formula is C24H32N6O2. The van der Waals surface area contributed by atoms with E-state index in [1.807, 2.05) is 29.3 Å². The van der Waals surface area contributed by atoms with Crippen molar-refractivity contribution in [2.75, 3.05) is 44.2 Å². The maximum absolute atomic E-state index is 13.3. The van der Waals surface area contributed by atoms with Crippen molar-refractivity contribution < 1.29 is 9.90 Å². The maximum atomic E-state index is 13.3. The Hall–Kier alpha value is -2.97. The molecule has 0 aliphatic carbocycles. The van der Waals surface area contributed by atoms with Crippen LogP contribution in [0.15, 0.2) is 48.8 Å². The molecule has 170 valence electrons. The summed E-state index contributed by atoms with van der Waals surface area (Å²) in [6.45, 7) is 4.72. The minimum atomic E-state index is -0.0341. The van der Waals surface area contributed by atoms with Gasteiger partial charge in [-0.1, -0.05) is 18.2 Å². The summed E-state index contributed by atoms with van der Waals surface area (Å²) in [5, 5.41) is 17.5. The Kier molecular flexibility index (Phi) is 7.02. The van der Waals surface area contributed by atoms with Gasteiger partial charge >= 0.3 is 6.03 Å².